The molecule has 1 amide bonds. The molecule has 204 valence electrons. The number of hydrogen-bond donors (Lipinski definition) is 1. The van der Waals surface area contributed by atoms with Gasteiger partial charge in [0.2, 0.25) is 0 Å². The summed E-state index contributed by atoms with van der Waals surface area (Å²) in [5, 5.41) is 14.3. The molecule has 3 heterocycles. The van der Waals surface area contributed by atoms with Gasteiger partial charge in [0.1, 0.15) is 40.0 Å². The van der Waals surface area contributed by atoms with Crippen LogP contribution in [0.1, 0.15) is 68.0 Å². The molecule has 1 N–H and O–H groups in total. The molecule has 4 aromatic rings. The van der Waals surface area contributed by atoms with Crippen LogP contribution < -0.4 is 10.1 Å². The van der Waals surface area contributed by atoms with Crippen LogP contribution >= 0.6 is 11.3 Å². The molecule has 10 nitrogen and oxygen atoms in total. The van der Waals surface area contributed by atoms with Crippen LogP contribution in [0.2, 0.25) is 0 Å². The number of nitriles is 1. The van der Waals surface area contributed by atoms with Crippen molar-refractivity contribution in [1.82, 2.24) is 14.5 Å². The summed E-state index contributed by atoms with van der Waals surface area (Å²) in [6.45, 7) is 14.2. The van der Waals surface area contributed by atoms with Crippen molar-refractivity contribution < 1.29 is 23.8 Å². The first-order valence-corrected chi connectivity index (χ1v) is 13.1. The van der Waals surface area contributed by atoms with E-state index in [2.05, 4.69) is 21.4 Å². The average molecular weight is 550 g/mol. The van der Waals surface area contributed by atoms with E-state index in [1.165, 1.54) is 18.4 Å². The predicted octanol–water partition coefficient (Wildman–Crippen LogP) is 6.43. The van der Waals surface area contributed by atoms with Crippen LogP contribution in [0.25, 0.3) is 26.9 Å². The number of fused-ring (bicyclic) bond motifs is 3. The van der Waals surface area contributed by atoms with Crippen LogP contribution in [0.15, 0.2) is 18.3 Å². The minimum atomic E-state index is -0.788. The van der Waals surface area contributed by atoms with Crippen LogP contribution in [0.4, 0.5) is 10.6 Å². The molecule has 0 fully saturated rings. The molecule has 0 radical (unpaired) electrons. The van der Waals surface area contributed by atoms with Crippen molar-refractivity contribution in [2.75, 3.05) is 12.4 Å². The third kappa shape index (κ3) is 5.38. The number of aromatic nitrogens is 3. The lowest BCUT2D eigenvalue weighted by Gasteiger charge is -2.24. The van der Waals surface area contributed by atoms with E-state index in [1.54, 1.807) is 64.4 Å². The Hall–Kier alpha value is -4.17. The van der Waals surface area contributed by atoms with Crippen molar-refractivity contribution in [2.45, 2.75) is 66.6 Å². The minimum absolute atomic E-state index is 0.128. The van der Waals surface area contributed by atoms with Gasteiger partial charge in [0.25, 0.3) is 0 Å². The number of ether oxygens (including phenoxy) is 3. The van der Waals surface area contributed by atoms with E-state index in [0.29, 0.717) is 32.5 Å². The van der Waals surface area contributed by atoms with Crippen molar-refractivity contribution in [3.8, 4) is 17.5 Å². The molecule has 3 aromatic heterocycles. The molecule has 0 atom stereocenters. The van der Waals surface area contributed by atoms with Gasteiger partial charge >= 0.3 is 12.1 Å². The molecule has 11 heteroatoms. The molecule has 1 aromatic carbocycles. The Labute approximate surface area is 230 Å². The molecular formula is C28H31N5O5S. The fraction of sp³-hybridized carbons (Fsp3) is 0.393. The highest BCUT2D eigenvalue weighted by molar-refractivity contribution is 7.19. The van der Waals surface area contributed by atoms with Crippen molar-refractivity contribution in [2.24, 2.45) is 0 Å². The van der Waals surface area contributed by atoms with Crippen LogP contribution in [0.5, 0.6) is 5.75 Å². The molecule has 0 bridgehead atoms. The second-order valence-corrected chi connectivity index (χ2v) is 12.2. The smallest absolute Gasteiger partial charge is 0.413 e. The Bertz CT molecular complexity index is 1660. The first kappa shape index (κ1) is 27.9. The number of rotatable bonds is 4. The van der Waals surface area contributed by atoms with Crippen molar-refractivity contribution in [3.05, 3.63) is 40.0 Å². The summed E-state index contributed by atoms with van der Waals surface area (Å²) in [5.74, 6) is -0.213. The number of nitrogens with zero attached hydrogens (tertiary/aromatic N) is 4. The highest BCUT2D eigenvalue weighted by atomic mass is 32.1. The van der Waals surface area contributed by atoms with Crippen LogP contribution in [0, 0.1) is 25.2 Å². The second kappa shape index (κ2) is 9.85. The van der Waals surface area contributed by atoms with E-state index in [0.717, 1.165) is 5.01 Å². The van der Waals surface area contributed by atoms with Crippen molar-refractivity contribution in [3.63, 3.8) is 0 Å². The molecule has 0 unspecified atom stereocenters. The first-order valence-electron chi connectivity index (χ1n) is 12.3. The number of nitrogens with one attached hydrogen (secondary N) is 1. The summed E-state index contributed by atoms with van der Waals surface area (Å²) < 4.78 is 19.3. The number of esters is 1. The van der Waals surface area contributed by atoms with Gasteiger partial charge in [-0.3, -0.25) is 9.88 Å². The van der Waals surface area contributed by atoms with E-state index in [4.69, 9.17) is 14.2 Å². The number of pyridine rings is 1. The lowest BCUT2D eigenvalue weighted by atomic mass is 10.1. The number of benzene rings is 1. The lowest BCUT2D eigenvalue weighted by molar-refractivity contribution is 0.00664. The molecule has 39 heavy (non-hydrogen) atoms. The fourth-order valence-electron chi connectivity index (χ4n) is 4.24. The van der Waals surface area contributed by atoms with Crippen LogP contribution in [-0.4, -0.2) is 44.9 Å². The summed E-state index contributed by atoms with van der Waals surface area (Å²) in [4.78, 5) is 35.7. The third-order valence-corrected chi connectivity index (χ3v) is 6.54. The van der Waals surface area contributed by atoms with Gasteiger partial charge in [0.05, 0.1) is 28.0 Å². The Morgan fingerprint density at radius 2 is 1.74 bits per heavy atom. The monoisotopic (exact) mass is 549 g/mol. The Kier molecular flexibility index (Phi) is 7.04. The predicted molar refractivity (Wildman–Crippen MR) is 150 cm³/mol. The number of aryl methyl sites for hydroxylation is 2. The Morgan fingerprint density at radius 1 is 1.08 bits per heavy atom. The second-order valence-electron chi connectivity index (χ2n) is 11.0. The molecular weight excluding hydrogens is 518 g/mol. The number of carbonyl (C=O) groups is 2. The largest absolute Gasteiger partial charge is 0.496 e. The molecule has 0 saturated carbocycles. The SMILES string of the molecule is COc1ccc(C)c(-n2c(NC(=O)OC(C)(C)C)c(C#N)c3cnc4nc(C)sc4c32)c1C(=O)OC(C)(C)C. The number of hydrogen-bond acceptors (Lipinski definition) is 9. The fourth-order valence-corrected chi connectivity index (χ4v) is 5.16. The number of carbonyl (C=O) groups excluding carboxylic acids is 2. The number of methoxy groups -OCH3 is 1. The first-order chi connectivity index (χ1) is 18.1. The highest BCUT2D eigenvalue weighted by Crippen LogP contribution is 2.42. The van der Waals surface area contributed by atoms with Crippen LogP contribution in [-0.2, 0) is 9.47 Å². The topological polar surface area (TPSA) is 128 Å². The van der Waals surface area contributed by atoms with Gasteiger partial charge in [-0.05, 0) is 67.0 Å². The summed E-state index contributed by atoms with van der Waals surface area (Å²) in [7, 11) is 1.46. The quantitative estimate of drug-likeness (QED) is 0.288. The summed E-state index contributed by atoms with van der Waals surface area (Å²) >= 11 is 1.40. The van der Waals surface area contributed by atoms with E-state index in [9.17, 15) is 14.9 Å². The minimum Gasteiger partial charge on any atom is -0.496 e. The zero-order valence-corrected chi connectivity index (χ0v) is 24.3. The lowest BCUT2D eigenvalue weighted by Crippen LogP contribution is -2.28. The zero-order valence-electron chi connectivity index (χ0n) is 23.5. The molecule has 0 spiro atoms. The Balaban J connectivity index is 2.18. The van der Waals surface area contributed by atoms with Gasteiger partial charge in [-0.2, -0.15) is 5.26 Å². The van der Waals surface area contributed by atoms with Gasteiger partial charge < -0.3 is 14.2 Å². The molecule has 0 aliphatic carbocycles. The molecule has 0 saturated heterocycles. The molecule has 0 aliphatic heterocycles. The highest BCUT2D eigenvalue weighted by Gasteiger charge is 2.32. The maximum absolute atomic E-state index is 13.7. The number of thiazole rings is 1. The standard InChI is InChI=1S/C28H31N5O5S/c1-14-10-11-18(36-9)19(25(34)37-27(3,4)5)20(14)33-21-17(13-30-23-22(21)39-15(2)31-23)16(12-29)24(33)32-26(35)38-28(6,7)8/h10-11,13H,1-9H3,(H,32,35). The van der Waals surface area contributed by atoms with E-state index >= 15 is 0 Å². The van der Waals surface area contributed by atoms with Crippen molar-refractivity contribution in [1.29, 1.82) is 5.26 Å². The zero-order chi connectivity index (χ0) is 28.9. The van der Waals surface area contributed by atoms with E-state index < -0.39 is 23.3 Å². The van der Waals surface area contributed by atoms with Crippen molar-refractivity contribution >= 4 is 50.5 Å². The summed E-state index contributed by atoms with van der Waals surface area (Å²) in [6, 6.07) is 5.69. The average Bonchev–Trinajstić information content (AvgIpc) is 3.32. The van der Waals surface area contributed by atoms with E-state index in [1.807, 2.05) is 13.8 Å². The maximum Gasteiger partial charge on any atom is 0.413 e. The Morgan fingerprint density at radius 3 is 2.33 bits per heavy atom. The summed E-state index contributed by atoms with van der Waals surface area (Å²) in [5.41, 5.74) is 0.844. The molecule has 4 rings (SSSR count). The maximum atomic E-state index is 13.7. The van der Waals surface area contributed by atoms with Crippen LogP contribution in [0.3, 0.4) is 0 Å². The van der Waals surface area contributed by atoms with Gasteiger partial charge in [-0.15, -0.1) is 11.3 Å². The third-order valence-electron chi connectivity index (χ3n) is 5.57. The number of anilines is 1. The summed E-state index contributed by atoms with van der Waals surface area (Å²) in [6.07, 6.45) is 0.793. The van der Waals surface area contributed by atoms with E-state index in [-0.39, 0.29) is 22.7 Å². The molecule has 0 aliphatic rings. The normalized spacial score (nSPS) is 11.9. The van der Waals surface area contributed by atoms with Gasteiger partial charge in [-0.1, -0.05) is 6.07 Å². The van der Waals surface area contributed by atoms with Gasteiger partial charge in [-0.25, -0.2) is 19.6 Å². The van der Waals surface area contributed by atoms with Gasteiger partial charge in [0.15, 0.2) is 5.65 Å². The number of amides is 1. The van der Waals surface area contributed by atoms with Gasteiger partial charge in [0, 0.05) is 11.6 Å².